The fourth-order valence-electron chi connectivity index (χ4n) is 1.95. The highest BCUT2D eigenvalue weighted by Crippen LogP contribution is 2.24. The summed E-state index contributed by atoms with van der Waals surface area (Å²) in [5, 5.41) is 0. The fraction of sp³-hybridized carbons (Fsp3) is 0.625. The minimum absolute atomic E-state index is 0.0432. The summed E-state index contributed by atoms with van der Waals surface area (Å²) >= 11 is 0. The van der Waals surface area contributed by atoms with Crippen LogP contribution in [0.25, 0.3) is 0 Å². The van der Waals surface area contributed by atoms with Crippen LogP contribution in [0.2, 0.25) is 0 Å². The van der Waals surface area contributed by atoms with Crippen LogP contribution in [0.1, 0.15) is 40.0 Å². The van der Waals surface area contributed by atoms with Crippen molar-refractivity contribution in [2.24, 2.45) is 5.92 Å². The van der Waals surface area contributed by atoms with Gasteiger partial charge in [-0.05, 0) is 45.1 Å². The Kier molecular flexibility index (Phi) is 5.67. The maximum Gasteiger partial charge on any atom is 0.121 e. The van der Waals surface area contributed by atoms with Crippen LogP contribution in [-0.2, 0) is 9.47 Å². The van der Waals surface area contributed by atoms with Crippen LogP contribution in [0.15, 0.2) is 35.6 Å². The predicted molar refractivity (Wildman–Crippen MR) is 76.4 cm³/mol. The van der Waals surface area contributed by atoms with Gasteiger partial charge in [-0.3, -0.25) is 0 Å². The van der Waals surface area contributed by atoms with Gasteiger partial charge in [0.25, 0.3) is 0 Å². The number of allylic oxidation sites excluding steroid dienone is 4. The van der Waals surface area contributed by atoms with Gasteiger partial charge in [0, 0.05) is 12.7 Å². The first kappa shape index (κ1) is 15.0. The van der Waals surface area contributed by atoms with Crippen molar-refractivity contribution in [2.75, 3.05) is 14.2 Å². The quantitative estimate of drug-likeness (QED) is 0.702. The van der Waals surface area contributed by atoms with Crippen LogP contribution in [0.3, 0.4) is 0 Å². The molecule has 1 rings (SSSR count). The summed E-state index contributed by atoms with van der Waals surface area (Å²) in [5.41, 5.74) is 1.16. The summed E-state index contributed by atoms with van der Waals surface area (Å²) in [6, 6.07) is 0. The first-order valence-corrected chi connectivity index (χ1v) is 6.66. The van der Waals surface area contributed by atoms with Crippen LogP contribution < -0.4 is 0 Å². The Balaban J connectivity index is 2.53. The molecule has 0 aliphatic heterocycles. The van der Waals surface area contributed by atoms with Gasteiger partial charge in [-0.25, -0.2) is 0 Å². The van der Waals surface area contributed by atoms with Crippen LogP contribution in [0.5, 0.6) is 0 Å². The summed E-state index contributed by atoms with van der Waals surface area (Å²) in [4.78, 5) is 0. The second-order valence-electron chi connectivity index (χ2n) is 5.51. The first-order chi connectivity index (χ1) is 8.48. The largest absolute Gasteiger partial charge is 0.496 e. The summed E-state index contributed by atoms with van der Waals surface area (Å²) < 4.78 is 10.8. The monoisotopic (exact) mass is 250 g/mol. The van der Waals surface area contributed by atoms with Crippen molar-refractivity contribution >= 4 is 0 Å². The zero-order valence-corrected chi connectivity index (χ0v) is 12.3. The number of ether oxygens (including phenoxy) is 2. The molecule has 0 aromatic heterocycles. The topological polar surface area (TPSA) is 18.5 Å². The Morgan fingerprint density at radius 2 is 2.11 bits per heavy atom. The number of rotatable bonds is 6. The molecule has 1 aliphatic carbocycles. The summed E-state index contributed by atoms with van der Waals surface area (Å²) in [7, 11) is 3.50. The molecule has 1 unspecified atom stereocenters. The van der Waals surface area contributed by atoms with Gasteiger partial charge in [-0.2, -0.15) is 0 Å². The smallest absolute Gasteiger partial charge is 0.121 e. The molecule has 0 amide bonds. The van der Waals surface area contributed by atoms with Gasteiger partial charge in [-0.15, -0.1) is 0 Å². The van der Waals surface area contributed by atoms with Crippen molar-refractivity contribution in [2.45, 2.75) is 45.6 Å². The molecule has 2 heteroatoms. The van der Waals surface area contributed by atoms with E-state index in [1.807, 2.05) is 0 Å². The number of hydrogen-bond acceptors (Lipinski definition) is 2. The standard InChI is InChI=1S/C16H26O2/c1-13-9-10-15(17-4)14(12-13)8-6-7-11-16(2,3)18-5/h6,8,10,12-13H,7,9,11H2,1-5H3/b8-6+. The van der Waals surface area contributed by atoms with Crippen molar-refractivity contribution < 1.29 is 9.47 Å². The molecule has 2 nitrogen and oxygen atoms in total. The second kappa shape index (κ2) is 6.79. The Labute approximate surface area is 111 Å². The Hall–Kier alpha value is -1.02. The molecule has 0 heterocycles. The molecule has 0 N–H and O–H groups in total. The molecule has 0 aromatic rings. The van der Waals surface area contributed by atoms with E-state index in [0.717, 1.165) is 25.0 Å². The molecule has 102 valence electrons. The van der Waals surface area contributed by atoms with E-state index in [1.54, 1.807) is 14.2 Å². The van der Waals surface area contributed by atoms with Gasteiger partial charge in [0.2, 0.25) is 0 Å². The Morgan fingerprint density at radius 3 is 2.72 bits per heavy atom. The van der Waals surface area contributed by atoms with Crippen molar-refractivity contribution in [1.29, 1.82) is 0 Å². The van der Waals surface area contributed by atoms with E-state index in [4.69, 9.17) is 9.47 Å². The predicted octanol–water partition coefficient (Wildman–Crippen LogP) is 4.24. The molecule has 1 aliphatic rings. The lowest BCUT2D eigenvalue weighted by molar-refractivity contribution is 0.0163. The third-order valence-corrected chi connectivity index (χ3v) is 3.41. The van der Waals surface area contributed by atoms with Crippen molar-refractivity contribution in [3.05, 3.63) is 35.6 Å². The van der Waals surface area contributed by atoms with Crippen LogP contribution in [0.4, 0.5) is 0 Å². The average Bonchev–Trinajstić information content (AvgIpc) is 2.35. The molecule has 0 saturated heterocycles. The van der Waals surface area contributed by atoms with E-state index < -0.39 is 0 Å². The van der Waals surface area contributed by atoms with Gasteiger partial charge in [0.05, 0.1) is 12.7 Å². The lowest BCUT2D eigenvalue weighted by Gasteiger charge is -2.21. The van der Waals surface area contributed by atoms with Crippen molar-refractivity contribution in [3.63, 3.8) is 0 Å². The summed E-state index contributed by atoms with van der Waals surface area (Å²) in [6.07, 6.45) is 11.9. The second-order valence-corrected chi connectivity index (χ2v) is 5.51. The van der Waals surface area contributed by atoms with Gasteiger partial charge >= 0.3 is 0 Å². The Morgan fingerprint density at radius 1 is 1.39 bits per heavy atom. The minimum Gasteiger partial charge on any atom is -0.496 e. The van der Waals surface area contributed by atoms with Gasteiger partial charge in [0.1, 0.15) is 5.76 Å². The fourth-order valence-corrected chi connectivity index (χ4v) is 1.95. The van der Waals surface area contributed by atoms with E-state index in [1.165, 1.54) is 5.57 Å². The SMILES string of the molecule is COC1=CCC(C)C=C1/C=C/CCC(C)(C)OC. The van der Waals surface area contributed by atoms with Crippen LogP contribution in [0, 0.1) is 5.92 Å². The number of methoxy groups -OCH3 is 2. The lowest BCUT2D eigenvalue weighted by Crippen LogP contribution is -2.21. The van der Waals surface area contributed by atoms with E-state index in [9.17, 15) is 0 Å². The maximum atomic E-state index is 5.40. The zero-order chi connectivity index (χ0) is 13.6. The molecule has 0 radical (unpaired) electrons. The maximum absolute atomic E-state index is 5.40. The van der Waals surface area contributed by atoms with E-state index in [2.05, 4.69) is 45.1 Å². The normalized spacial score (nSPS) is 20.8. The van der Waals surface area contributed by atoms with Gasteiger partial charge in [0.15, 0.2) is 0 Å². The molecule has 0 fully saturated rings. The molecular formula is C16H26O2. The van der Waals surface area contributed by atoms with E-state index in [0.29, 0.717) is 5.92 Å². The molecule has 0 bridgehead atoms. The average molecular weight is 250 g/mol. The highest BCUT2D eigenvalue weighted by Gasteiger charge is 2.14. The molecule has 0 aromatic carbocycles. The van der Waals surface area contributed by atoms with Gasteiger partial charge < -0.3 is 9.47 Å². The summed E-state index contributed by atoms with van der Waals surface area (Å²) in [5.74, 6) is 1.59. The van der Waals surface area contributed by atoms with E-state index in [-0.39, 0.29) is 5.60 Å². The third-order valence-electron chi connectivity index (χ3n) is 3.41. The van der Waals surface area contributed by atoms with Crippen LogP contribution in [-0.4, -0.2) is 19.8 Å². The minimum atomic E-state index is -0.0432. The molecule has 18 heavy (non-hydrogen) atoms. The molecule has 0 spiro atoms. The van der Waals surface area contributed by atoms with Gasteiger partial charge in [-0.1, -0.05) is 25.2 Å². The van der Waals surface area contributed by atoms with Crippen LogP contribution >= 0.6 is 0 Å². The zero-order valence-electron chi connectivity index (χ0n) is 12.3. The molecule has 1 atom stereocenters. The third kappa shape index (κ3) is 4.69. The first-order valence-electron chi connectivity index (χ1n) is 6.66. The highest BCUT2D eigenvalue weighted by molar-refractivity contribution is 5.38. The highest BCUT2D eigenvalue weighted by atomic mass is 16.5. The number of hydrogen-bond donors (Lipinski definition) is 0. The molecular weight excluding hydrogens is 224 g/mol. The van der Waals surface area contributed by atoms with Crippen molar-refractivity contribution in [1.82, 2.24) is 0 Å². The lowest BCUT2D eigenvalue weighted by atomic mass is 9.95. The Bertz CT molecular complexity index is 348. The summed E-state index contributed by atoms with van der Waals surface area (Å²) in [6.45, 7) is 6.46. The van der Waals surface area contributed by atoms with E-state index >= 15 is 0 Å². The molecule has 0 saturated carbocycles. The van der Waals surface area contributed by atoms with Crippen molar-refractivity contribution in [3.8, 4) is 0 Å².